The molecule has 21 heavy (non-hydrogen) atoms. The van der Waals surface area contributed by atoms with Crippen molar-refractivity contribution < 1.29 is 0 Å². The molecule has 0 saturated heterocycles. The minimum atomic E-state index is 0.185. The van der Waals surface area contributed by atoms with E-state index in [9.17, 15) is 0 Å². The molecule has 112 valence electrons. The molecule has 2 aromatic carbocycles. The van der Waals surface area contributed by atoms with Gasteiger partial charge in [-0.15, -0.1) is 0 Å². The normalized spacial score (nSPS) is 12.4. The number of hydrogen-bond donors (Lipinski definition) is 1. The molecule has 0 saturated carbocycles. The fourth-order valence-corrected chi connectivity index (χ4v) is 3.26. The van der Waals surface area contributed by atoms with Crippen LogP contribution in [0.5, 0.6) is 0 Å². The van der Waals surface area contributed by atoms with Crippen LogP contribution >= 0.6 is 39.1 Å². The van der Waals surface area contributed by atoms with Gasteiger partial charge < -0.3 is 5.32 Å². The summed E-state index contributed by atoms with van der Waals surface area (Å²) in [6, 6.07) is 12.3. The van der Waals surface area contributed by atoms with Crippen LogP contribution in [0.15, 0.2) is 40.9 Å². The highest BCUT2D eigenvalue weighted by molar-refractivity contribution is 9.10. The highest BCUT2D eigenvalue weighted by atomic mass is 79.9. The Bertz CT molecular complexity index is 608. The van der Waals surface area contributed by atoms with Gasteiger partial charge in [0.15, 0.2) is 0 Å². The SMILES string of the molecule is CCNC(Cc1c(Cl)cccc1Cl)c1ccc(C)c(Br)c1. The molecule has 4 heteroatoms. The van der Waals surface area contributed by atoms with E-state index < -0.39 is 0 Å². The van der Waals surface area contributed by atoms with E-state index in [-0.39, 0.29) is 6.04 Å². The van der Waals surface area contributed by atoms with Crippen LogP contribution in [0, 0.1) is 6.92 Å². The Hall–Kier alpha value is -0.540. The van der Waals surface area contributed by atoms with Gasteiger partial charge in [-0.25, -0.2) is 0 Å². The number of hydrogen-bond acceptors (Lipinski definition) is 1. The third-order valence-corrected chi connectivity index (χ3v) is 5.08. The van der Waals surface area contributed by atoms with Gasteiger partial charge >= 0.3 is 0 Å². The van der Waals surface area contributed by atoms with Crippen molar-refractivity contribution in [3.8, 4) is 0 Å². The quantitative estimate of drug-likeness (QED) is 0.668. The van der Waals surface area contributed by atoms with Crippen molar-refractivity contribution >= 4 is 39.1 Å². The van der Waals surface area contributed by atoms with Crippen molar-refractivity contribution in [2.75, 3.05) is 6.54 Å². The van der Waals surface area contributed by atoms with Crippen LogP contribution in [-0.4, -0.2) is 6.54 Å². The predicted octanol–water partition coefficient (Wildman–Crippen LogP) is 5.96. The van der Waals surface area contributed by atoms with Crippen LogP contribution in [0.3, 0.4) is 0 Å². The Balaban J connectivity index is 2.33. The lowest BCUT2D eigenvalue weighted by Crippen LogP contribution is -2.23. The summed E-state index contributed by atoms with van der Waals surface area (Å²) in [5, 5.41) is 4.95. The Morgan fingerprint density at radius 1 is 1.14 bits per heavy atom. The second kappa shape index (κ2) is 7.64. The fourth-order valence-electron chi connectivity index (χ4n) is 2.31. The van der Waals surface area contributed by atoms with Crippen molar-refractivity contribution in [3.05, 3.63) is 67.6 Å². The fraction of sp³-hybridized carbons (Fsp3) is 0.294. The first-order valence-corrected chi connectivity index (χ1v) is 8.50. The van der Waals surface area contributed by atoms with Gasteiger partial charge in [0.1, 0.15) is 0 Å². The van der Waals surface area contributed by atoms with E-state index in [0.717, 1.165) is 33.0 Å². The monoisotopic (exact) mass is 385 g/mol. The van der Waals surface area contributed by atoms with E-state index in [1.54, 1.807) is 0 Å². The van der Waals surface area contributed by atoms with Crippen LogP contribution in [0.1, 0.15) is 29.7 Å². The van der Waals surface area contributed by atoms with Crippen LogP contribution in [0.2, 0.25) is 10.0 Å². The Labute approximate surface area is 144 Å². The zero-order valence-electron chi connectivity index (χ0n) is 12.1. The molecule has 1 nitrogen and oxygen atoms in total. The highest BCUT2D eigenvalue weighted by Crippen LogP contribution is 2.30. The second-order valence-corrected chi connectivity index (χ2v) is 6.69. The molecule has 0 aliphatic carbocycles. The lowest BCUT2D eigenvalue weighted by atomic mass is 9.98. The summed E-state index contributed by atoms with van der Waals surface area (Å²) >= 11 is 16.2. The summed E-state index contributed by atoms with van der Waals surface area (Å²) in [7, 11) is 0. The first-order valence-electron chi connectivity index (χ1n) is 6.95. The van der Waals surface area contributed by atoms with Gasteiger partial charge in [0.05, 0.1) is 0 Å². The minimum absolute atomic E-state index is 0.185. The van der Waals surface area contributed by atoms with Crippen LogP contribution in [0.4, 0.5) is 0 Å². The summed E-state index contributed by atoms with van der Waals surface area (Å²) in [6.45, 7) is 5.07. The van der Waals surface area contributed by atoms with E-state index in [1.807, 2.05) is 18.2 Å². The molecule has 0 aliphatic heterocycles. The minimum Gasteiger partial charge on any atom is -0.310 e. The molecule has 2 rings (SSSR count). The van der Waals surface area contributed by atoms with Crippen molar-refractivity contribution in [1.82, 2.24) is 5.32 Å². The van der Waals surface area contributed by atoms with E-state index in [4.69, 9.17) is 23.2 Å². The molecule has 0 amide bonds. The lowest BCUT2D eigenvalue weighted by Gasteiger charge is -2.20. The first-order chi connectivity index (χ1) is 10.0. The standard InChI is InChI=1S/C17H18BrCl2N/c1-3-21-17(12-8-7-11(2)14(18)9-12)10-13-15(19)5-4-6-16(13)20/h4-9,17,21H,3,10H2,1-2H3. The second-order valence-electron chi connectivity index (χ2n) is 5.02. The number of aryl methyl sites for hydroxylation is 1. The number of nitrogens with one attached hydrogen (secondary N) is 1. The van der Waals surface area contributed by atoms with Crippen LogP contribution in [0.25, 0.3) is 0 Å². The van der Waals surface area contributed by atoms with Gasteiger partial charge in [-0.05, 0) is 54.8 Å². The van der Waals surface area contributed by atoms with E-state index >= 15 is 0 Å². The summed E-state index contributed by atoms with van der Waals surface area (Å²) in [5.41, 5.74) is 3.44. The van der Waals surface area contributed by atoms with Gasteiger partial charge in [-0.2, -0.15) is 0 Å². The molecule has 2 aromatic rings. The maximum absolute atomic E-state index is 6.30. The average Bonchev–Trinajstić information content (AvgIpc) is 2.45. The number of rotatable bonds is 5. The smallest absolute Gasteiger partial charge is 0.0453 e. The molecule has 0 aromatic heterocycles. The van der Waals surface area contributed by atoms with Crippen LogP contribution < -0.4 is 5.32 Å². The van der Waals surface area contributed by atoms with Gasteiger partial charge in [0, 0.05) is 20.6 Å². The lowest BCUT2D eigenvalue weighted by molar-refractivity contribution is 0.549. The molecule has 1 atom stereocenters. The maximum atomic E-state index is 6.30. The molecule has 0 bridgehead atoms. The predicted molar refractivity (Wildman–Crippen MR) is 95.5 cm³/mol. The molecule has 0 heterocycles. The average molecular weight is 387 g/mol. The summed E-state index contributed by atoms with van der Waals surface area (Å²) in [5.74, 6) is 0. The van der Waals surface area contributed by atoms with E-state index in [1.165, 1.54) is 11.1 Å². The van der Waals surface area contributed by atoms with Gasteiger partial charge in [0.2, 0.25) is 0 Å². The van der Waals surface area contributed by atoms with Crippen molar-refractivity contribution in [2.45, 2.75) is 26.3 Å². The summed E-state index contributed by atoms with van der Waals surface area (Å²) in [6.07, 6.45) is 0.766. The van der Waals surface area contributed by atoms with Crippen LogP contribution in [-0.2, 0) is 6.42 Å². The zero-order valence-corrected chi connectivity index (χ0v) is 15.2. The van der Waals surface area contributed by atoms with Crippen molar-refractivity contribution in [2.24, 2.45) is 0 Å². The Morgan fingerprint density at radius 2 is 1.81 bits per heavy atom. The molecule has 1 N–H and O–H groups in total. The number of likely N-dealkylation sites (N-methyl/N-ethyl adjacent to an activating group) is 1. The third kappa shape index (κ3) is 4.23. The largest absolute Gasteiger partial charge is 0.310 e. The molecule has 0 spiro atoms. The summed E-state index contributed by atoms with van der Waals surface area (Å²) < 4.78 is 1.12. The van der Waals surface area contributed by atoms with Gasteiger partial charge in [0.25, 0.3) is 0 Å². The molecule has 1 unspecified atom stereocenters. The molecular formula is C17H18BrCl2N. The highest BCUT2D eigenvalue weighted by Gasteiger charge is 2.16. The van der Waals surface area contributed by atoms with Gasteiger partial charge in [-0.1, -0.05) is 64.3 Å². The zero-order chi connectivity index (χ0) is 15.4. The first kappa shape index (κ1) is 16.8. The van der Waals surface area contributed by atoms with Gasteiger partial charge in [-0.3, -0.25) is 0 Å². The molecular weight excluding hydrogens is 369 g/mol. The van der Waals surface area contributed by atoms with E-state index in [2.05, 4.69) is 53.3 Å². The van der Waals surface area contributed by atoms with E-state index in [0.29, 0.717) is 0 Å². The molecule has 0 aliphatic rings. The Morgan fingerprint density at radius 3 is 2.38 bits per heavy atom. The number of halogens is 3. The molecule has 0 radical (unpaired) electrons. The number of benzene rings is 2. The van der Waals surface area contributed by atoms with Crippen molar-refractivity contribution in [3.63, 3.8) is 0 Å². The maximum Gasteiger partial charge on any atom is 0.0453 e. The molecule has 0 fully saturated rings. The van der Waals surface area contributed by atoms with Crippen molar-refractivity contribution in [1.29, 1.82) is 0 Å². The Kier molecular flexibility index (Phi) is 6.12. The third-order valence-electron chi connectivity index (χ3n) is 3.52. The summed E-state index contributed by atoms with van der Waals surface area (Å²) in [4.78, 5) is 0. The topological polar surface area (TPSA) is 12.0 Å².